The van der Waals surface area contributed by atoms with Crippen LogP contribution in [0.1, 0.15) is 16.3 Å². The zero-order valence-corrected chi connectivity index (χ0v) is 15.1. The van der Waals surface area contributed by atoms with Crippen LogP contribution in [0.5, 0.6) is 11.5 Å². The zero-order chi connectivity index (χ0) is 17.6. The van der Waals surface area contributed by atoms with Gasteiger partial charge in [-0.15, -0.1) is 0 Å². The number of carbonyl (C=O) groups excluding carboxylic acids is 1. The van der Waals surface area contributed by atoms with Gasteiger partial charge in [0.05, 0.1) is 12.8 Å². The third-order valence-electron chi connectivity index (χ3n) is 3.42. The number of hydrogen-bond acceptors (Lipinski definition) is 4. The molecule has 3 rings (SSSR count). The number of nitrogens with one attached hydrogen (secondary N) is 1. The fourth-order valence-corrected chi connectivity index (χ4v) is 2.60. The van der Waals surface area contributed by atoms with Crippen molar-refractivity contribution in [2.24, 2.45) is 0 Å². The molecule has 0 spiro atoms. The number of benzene rings is 2. The van der Waals surface area contributed by atoms with Crippen molar-refractivity contribution in [2.75, 3.05) is 12.4 Å². The van der Waals surface area contributed by atoms with E-state index in [0.29, 0.717) is 22.9 Å². The Morgan fingerprint density at radius 2 is 1.96 bits per heavy atom. The highest BCUT2D eigenvalue weighted by Crippen LogP contribution is 2.24. The van der Waals surface area contributed by atoms with Crippen LogP contribution in [0.25, 0.3) is 0 Å². The Balaban J connectivity index is 1.63. The van der Waals surface area contributed by atoms with E-state index in [9.17, 15) is 4.79 Å². The van der Waals surface area contributed by atoms with Crippen LogP contribution < -0.4 is 14.8 Å². The van der Waals surface area contributed by atoms with Crippen LogP contribution in [0.3, 0.4) is 0 Å². The van der Waals surface area contributed by atoms with Gasteiger partial charge in [-0.25, -0.2) is 0 Å². The summed E-state index contributed by atoms with van der Waals surface area (Å²) < 4.78 is 17.3. The molecule has 0 saturated carbocycles. The Bertz CT molecular complexity index is 875. The van der Waals surface area contributed by atoms with Gasteiger partial charge in [-0.3, -0.25) is 4.79 Å². The third-order valence-corrected chi connectivity index (χ3v) is 3.91. The lowest BCUT2D eigenvalue weighted by Crippen LogP contribution is -2.11. The van der Waals surface area contributed by atoms with Gasteiger partial charge in [-0.05, 0) is 42.5 Å². The van der Waals surface area contributed by atoms with Gasteiger partial charge in [0.25, 0.3) is 5.91 Å². The highest BCUT2D eigenvalue weighted by Gasteiger charge is 2.14. The number of para-hydroxylation sites is 2. The maximum atomic E-state index is 12.3. The molecule has 0 aliphatic rings. The van der Waals surface area contributed by atoms with Crippen LogP contribution in [-0.4, -0.2) is 13.0 Å². The van der Waals surface area contributed by atoms with Crippen molar-refractivity contribution in [3.8, 4) is 11.5 Å². The normalized spacial score (nSPS) is 10.3. The first kappa shape index (κ1) is 17.1. The first-order chi connectivity index (χ1) is 12.2. The molecule has 0 fully saturated rings. The monoisotopic (exact) mass is 401 g/mol. The molecule has 1 heterocycles. The summed E-state index contributed by atoms with van der Waals surface area (Å²) >= 11 is 3.39. The van der Waals surface area contributed by atoms with E-state index in [1.54, 1.807) is 31.4 Å². The van der Waals surface area contributed by atoms with E-state index >= 15 is 0 Å². The second-order valence-corrected chi connectivity index (χ2v) is 6.08. The fourth-order valence-electron chi connectivity index (χ4n) is 2.22. The molecule has 0 unspecified atom stereocenters. The van der Waals surface area contributed by atoms with E-state index in [-0.39, 0.29) is 18.3 Å². The lowest BCUT2D eigenvalue weighted by atomic mass is 10.3. The number of amides is 1. The minimum absolute atomic E-state index is 0.207. The van der Waals surface area contributed by atoms with Gasteiger partial charge in [0.1, 0.15) is 23.9 Å². The second-order valence-electron chi connectivity index (χ2n) is 5.17. The quantitative estimate of drug-likeness (QED) is 0.639. The van der Waals surface area contributed by atoms with E-state index in [1.807, 2.05) is 36.4 Å². The highest BCUT2D eigenvalue weighted by atomic mass is 79.9. The molecular formula is C19H16BrNO4. The molecule has 1 aromatic heterocycles. The van der Waals surface area contributed by atoms with E-state index in [1.165, 1.54) is 0 Å². The lowest BCUT2D eigenvalue weighted by molar-refractivity contribution is 0.0992. The molecule has 1 N–H and O–H groups in total. The zero-order valence-electron chi connectivity index (χ0n) is 13.5. The van der Waals surface area contributed by atoms with Gasteiger partial charge in [-0.1, -0.05) is 34.1 Å². The molecule has 6 heteroatoms. The number of methoxy groups -OCH3 is 1. The number of rotatable bonds is 6. The SMILES string of the molecule is COc1ccccc1NC(=O)c1ccc(COc2cccc(Br)c2)o1. The molecule has 25 heavy (non-hydrogen) atoms. The van der Waals surface area contributed by atoms with Crippen LogP contribution in [0.15, 0.2) is 69.6 Å². The van der Waals surface area contributed by atoms with Crippen LogP contribution >= 0.6 is 15.9 Å². The molecule has 1 amide bonds. The predicted octanol–water partition coefficient (Wildman–Crippen LogP) is 4.88. The van der Waals surface area contributed by atoms with Crippen molar-refractivity contribution in [1.82, 2.24) is 0 Å². The van der Waals surface area contributed by atoms with Gasteiger partial charge in [0.15, 0.2) is 5.76 Å². The molecule has 0 saturated heterocycles. The van der Waals surface area contributed by atoms with Crippen LogP contribution in [0, 0.1) is 0 Å². The van der Waals surface area contributed by atoms with Crippen molar-refractivity contribution in [3.05, 3.63) is 76.7 Å². The van der Waals surface area contributed by atoms with E-state index < -0.39 is 0 Å². The summed E-state index contributed by atoms with van der Waals surface area (Å²) in [6, 6.07) is 18.0. The summed E-state index contributed by atoms with van der Waals surface area (Å²) in [5, 5.41) is 2.77. The molecule has 0 radical (unpaired) electrons. The molecule has 0 atom stereocenters. The number of hydrogen-bond donors (Lipinski definition) is 1. The summed E-state index contributed by atoms with van der Waals surface area (Å²) in [6.07, 6.45) is 0. The Morgan fingerprint density at radius 3 is 2.76 bits per heavy atom. The summed E-state index contributed by atoms with van der Waals surface area (Å²) in [5.41, 5.74) is 0.582. The molecule has 0 aliphatic heterocycles. The topological polar surface area (TPSA) is 60.7 Å². The van der Waals surface area contributed by atoms with Gasteiger partial charge >= 0.3 is 0 Å². The van der Waals surface area contributed by atoms with Crippen molar-refractivity contribution >= 4 is 27.5 Å². The van der Waals surface area contributed by atoms with Crippen molar-refractivity contribution < 1.29 is 18.7 Å². The van der Waals surface area contributed by atoms with Gasteiger partial charge in [-0.2, -0.15) is 0 Å². The Kier molecular flexibility index (Phi) is 5.40. The highest BCUT2D eigenvalue weighted by molar-refractivity contribution is 9.10. The second kappa shape index (κ2) is 7.90. The number of ether oxygens (including phenoxy) is 2. The van der Waals surface area contributed by atoms with Crippen LogP contribution in [-0.2, 0) is 6.61 Å². The van der Waals surface area contributed by atoms with Gasteiger partial charge < -0.3 is 19.2 Å². The summed E-state index contributed by atoms with van der Waals surface area (Å²) in [4.78, 5) is 12.3. The third kappa shape index (κ3) is 4.42. The first-order valence-corrected chi connectivity index (χ1v) is 8.36. The molecule has 5 nitrogen and oxygen atoms in total. The molecule has 128 valence electrons. The smallest absolute Gasteiger partial charge is 0.291 e. The van der Waals surface area contributed by atoms with E-state index in [4.69, 9.17) is 13.9 Å². The number of furan rings is 1. The van der Waals surface area contributed by atoms with Crippen molar-refractivity contribution in [1.29, 1.82) is 0 Å². The number of anilines is 1. The Morgan fingerprint density at radius 1 is 1.12 bits per heavy atom. The predicted molar refractivity (Wildman–Crippen MR) is 98.1 cm³/mol. The molecular weight excluding hydrogens is 386 g/mol. The number of carbonyl (C=O) groups is 1. The van der Waals surface area contributed by atoms with Gasteiger partial charge in [0, 0.05) is 4.47 Å². The van der Waals surface area contributed by atoms with Crippen LogP contribution in [0.4, 0.5) is 5.69 Å². The Hall–Kier alpha value is -2.73. The standard InChI is InChI=1S/C19H16BrNO4/c1-23-17-8-3-2-7-16(17)21-19(22)18-10-9-15(25-18)12-24-14-6-4-5-13(20)11-14/h2-11H,12H2,1H3,(H,21,22). The molecule has 0 bridgehead atoms. The largest absolute Gasteiger partial charge is 0.495 e. The first-order valence-electron chi connectivity index (χ1n) is 7.57. The average Bonchev–Trinajstić information content (AvgIpc) is 3.10. The van der Waals surface area contributed by atoms with E-state index in [0.717, 1.165) is 4.47 Å². The molecule has 3 aromatic rings. The minimum atomic E-state index is -0.349. The average molecular weight is 402 g/mol. The van der Waals surface area contributed by atoms with Gasteiger partial charge in [0.2, 0.25) is 0 Å². The molecule has 2 aromatic carbocycles. The van der Waals surface area contributed by atoms with Crippen molar-refractivity contribution in [2.45, 2.75) is 6.61 Å². The van der Waals surface area contributed by atoms with Crippen molar-refractivity contribution in [3.63, 3.8) is 0 Å². The molecule has 0 aliphatic carbocycles. The van der Waals surface area contributed by atoms with Crippen LogP contribution in [0.2, 0.25) is 0 Å². The summed E-state index contributed by atoms with van der Waals surface area (Å²) in [7, 11) is 1.55. The van der Waals surface area contributed by atoms with E-state index in [2.05, 4.69) is 21.2 Å². The maximum absolute atomic E-state index is 12.3. The summed E-state index contributed by atoms with van der Waals surface area (Å²) in [5.74, 6) is 1.72. The fraction of sp³-hybridized carbons (Fsp3) is 0.105. The Labute approximate surface area is 153 Å². The minimum Gasteiger partial charge on any atom is -0.495 e. The maximum Gasteiger partial charge on any atom is 0.291 e. The lowest BCUT2D eigenvalue weighted by Gasteiger charge is -2.08. The summed E-state index contributed by atoms with van der Waals surface area (Å²) in [6.45, 7) is 0.235. The number of halogens is 1.